The normalized spacial score (nSPS) is 21.9. The molecule has 5 nitrogen and oxygen atoms in total. The van der Waals surface area contributed by atoms with Crippen LogP contribution in [0.1, 0.15) is 45.4 Å². The second-order valence-electron chi connectivity index (χ2n) is 6.18. The summed E-state index contributed by atoms with van der Waals surface area (Å²) in [5.74, 6) is 0.0678. The van der Waals surface area contributed by atoms with E-state index in [1.807, 2.05) is 6.92 Å². The number of piperazine rings is 1. The highest BCUT2D eigenvalue weighted by molar-refractivity contribution is 5.85. The third-order valence-corrected chi connectivity index (χ3v) is 4.51. The van der Waals surface area contributed by atoms with Crippen molar-refractivity contribution in [2.24, 2.45) is 0 Å². The molecule has 2 N–H and O–H groups in total. The summed E-state index contributed by atoms with van der Waals surface area (Å²) in [4.78, 5) is 14.6. The molecule has 1 amide bonds. The van der Waals surface area contributed by atoms with Crippen LogP contribution in [0.15, 0.2) is 0 Å². The minimum Gasteiger partial charge on any atom is -0.365 e. The van der Waals surface area contributed by atoms with Crippen LogP contribution in [0, 0.1) is 0 Å². The lowest BCUT2D eigenvalue weighted by Gasteiger charge is -2.28. The van der Waals surface area contributed by atoms with Gasteiger partial charge in [0.1, 0.15) is 6.10 Å². The van der Waals surface area contributed by atoms with Gasteiger partial charge in [0.2, 0.25) is 5.91 Å². The second kappa shape index (κ2) is 11.2. The van der Waals surface area contributed by atoms with Crippen molar-refractivity contribution in [2.75, 3.05) is 39.3 Å². The molecular weight excluding hydrogens is 302 g/mol. The first-order valence-electron chi connectivity index (χ1n) is 8.66. The Morgan fingerprint density at radius 3 is 2.59 bits per heavy atom. The van der Waals surface area contributed by atoms with Crippen LogP contribution in [-0.4, -0.2) is 62.3 Å². The molecule has 1 aliphatic carbocycles. The standard InChI is InChI=1S/C16H31N3O2.ClH/c1-2-15(21-14-6-4-3-5-7-14)16(20)18-10-13-19-11-8-17-9-12-19;/h14-15,17H,2-13H2,1H3,(H,18,20);1H. The number of carbonyl (C=O) groups excluding carboxylic acids is 1. The molecule has 2 aliphatic rings. The van der Waals surface area contributed by atoms with Gasteiger partial charge >= 0.3 is 0 Å². The number of ether oxygens (including phenoxy) is 1. The highest BCUT2D eigenvalue weighted by atomic mass is 35.5. The van der Waals surface area contributed by atoms with E-state index in [-0.39, 0.29) is 24.4 Å². The minimum absolute atomic E-state index is 0. The Labute approximate surface area is 140 Å². The highest BCUT2D eigenvalue weighted by Gasteiger charge is 2.23. The van der Waals surface area contributed by atoms with Crippen molar-refractivity contribution < 1.29 is 9.53 Å². The first kappa shape index (κ1) is 19.7. The van der Waals surface area contributed by atoms with Crippen molar-refractivity contribution in [2.45, 2.75) is 57.7 Å². The fourth-order valence-corrected chi connectivity index (χ4v) is 3.16. The van der Waals surface area contributed by atoms with Gasteiger partial charge in [0.05, 0.1) is 6.10 Å². The maximum Gasteiger partial charge on any atom is 0.249 e. The lowest BCUT2D eigenvalue weighted by molar-refractivity contribution is -0.138. The Morgan fingerprint density at radius 1 is 1.27 bits per heavy atom. The first-order valence-corrected chi connectivity index (χ1v) is 8.66. The molecule has 2 fully saturated rings. The van der Waals surface area contributed by atoms with Gasteiger partial charge in [0, 0.05) is 39.3 Å². The number of rotatable bonds is 7. The molecule has 0 aromatic rings. The molecular formula is C16H32ClN3O2. The summed E-state index contributed by atoms with van der Waals surface area (Å²) in [7, 11) is 0. The van der Waals surface area contributed by atoms with Crippen molar-refractivity contribution in [1.82, 2.24) is 15.5 Å². The average Bonchev–Trinajstić information content (AvgIpc) is 2.54. The Bertz CT molecular complexity index is 306. The molecule has 0 bridgehead atoms. The van der Waals surface area contributed by atoms with E-state index in [2.05, 4.69) is 15.5 Å². The Morgan fingerprint density at radius 2 is 1.95 bits per heavy atom. The lowest BCUT2D eigenvalue weighted by Crippen LogP contribution is -2.47. The summed E-state index contributed by atoms with van der Waals surface area (Å²) < 4.78 is 6.01. The number of nitrogens with zero attached hydrogens (tertiary/aromatic N) is 1. The van der Waals surface area contributed by atoms with Crippen molar-refractivity contribution in [3.63, 3.8) is 0 Å². The van der Waals surface area contributed by atoms with Gasteiger partial charge in [0.15, 0.2) is 0 Å². The topological polar surface area (TPSA) is 53.6 Å². The molecule has 1 saturated heterocycles. The molecule has 1 unspecified atom stereocenters. The van der Waals surface area contributed by atoms with E-state index >= 15 is 0 Å². The van der Waals surface area contributed by atoms with Gasteiger partial charge in [-0.15, -0.1) is 12.4 Å². The second-order valence-corrected chi connectivity index (χ2v) is 6.18. The molecule has 0 radical (unpaired) electrons. The van der Waals surface area contributed by atoms with E-state index in [0.717, 1.165) is 58.5 Å². The van der Waals surface area contributed by atoms with E-state index in [1.54, 1.807) is 0 Å². The zero-order valence-corrected chi connectivity index (χ0v) is 14.6. The predicted molar refractivity (Wildman–Crippen MR) is 91.6 cm³/mol. The lowest BCUT2D eigenvalue weighted by atomic mass is 9.97. The van der Waals surface area contributed by atoms with Crippen LogP contribution < -0.4 is 10.6 Å². The number of carbonyl (C=O) groups is 1. The fraction of sp³-hybridized carbons (Fsp3) is 0.938. The van der Waals surface area contributed by atoms with Gasteiger partial charge in [-0.3, -0.25) is 9.69 Å². The monoisotopic (exact) mass is 333 g/mol. The summed E-state index contributed by atoms with van der Waals surface area (Å²) in [5, 5.41) is 6.38. The smallest absolute Gasteiger partial charge is 0.249 e. The summed E-state index contributed by atoms with van der Waals surface area (Å²) >= 11 is 0. The predicted octanol–water partition coefficient (Wildman–Crippen LogP) is 1.56. The highest BCUT2D eigenvalue weighted by Crippen LogP contribution is 2.22. The van der Waals surface area contributed by atoms with E-state index in [4.69, 9.17) is 4.74 Å². The molecule has 1 atom stereocenters. The number of amides is 1. The number of nitrogens with one attached hydrogen (secondary N) is 2. The Hall–Kier alpha value is -0.360. The van der Waals surface area contributed by atoms with Crippen molar-refractivity contribution in [1.29, 1.82) is 0 Å². The van der Waals surface area contributed by atoms with Gasteiger partial charge < -0.3 is 15.4 Å². The number of halogens is 1. The van der Waals surface area contributed by atoms with Crippen molar-refractivity contribution >= 4 is 18.3 Å². The molecule has 0 aromatic heterocycles. The maximum absolute atomic E-state index is 12.2. The fourth-order valence-electron chi connectivity index (χ4n) is 3.16. The maximum atomic E-state index is 12.2. The Kier molecular flexibility index (Phi) is 10.0. The number of hydrogen-bond donors (Lipinski definition) is 2. The third-order valence-electron chi connectivity index (χ3n) is 4.51. The minimum atomic E-state index is -0.267. The van der Waals surface area contributed by atoms with Gasteiger partial charge in [0.25, 0.3) is 0 Å². The summed E-state index contributed by atoms with van der Waals surface area (Å²) in [6, 6.07) is 0. The van der Waals surface area contributed by atoms with Gasteiger partial charge in [-0.25, -0.2) is 0 Å². The molecule has 22 heavy (non-hydrogen) atoms. The van der Waals surface area contributed by atoms with Crippen molar-refractivity contribution in [3.8, 4) is 0 Å². The van der Waals surface area contributed by atoms with Crippen LogP contribution in [0.5, 0.6) is 0 Å². The van der Waals surface area contributed by atoms with Gasteiger partial charge in [-0.1, -0.05) is 26.2 Å². The van der Waals surface area contributed by atoms with Crippen molar-refractivity contribution in [3.05, 3.63) is 0 Å². The zero-order chi connectivity index (χ0) is 14.9. The molecule has 0 aromatic carbocycles. The van der Waals surface area contributed by atoms with Crippen LogP contribution in [-0.2, 0) is 9.53 Å². The van der Waals surface area contributed by atoms with Crippen LogP contribution in [0.25, 0.3) is 0 Å². The largest absolute Gasteiger partial charge is 0.365 e. The van der Waals surface area contributed by atoms with Crippen LogP contribution >= 0.6 is 12.4 Å². The van der Waals surface area contributed by atoms with Crippen LogP contribution in [0.3, 0.4) is 0 Å². The molecule has 2 rings (SSSR count). The zero-order valence-electron chi connectivity index (χ0n) is 13.8. The average molecular weight is 334 g/mol. The molecule has 1 aliphatic heterocycles. The first-order chi connectivity index (χ1) is 10.3. The van der Waals surface area contributed by atoms with E-state index in [1.165, 1.54) is 19.3 Å². The van der Waals surface area contributed by atoms with E-state index in [0.29, 0.717) is 6.10 Å². The molecule has 130 valence electrons. The summed E-state index contributed by atoms with van der Waals surface area (Å²) in [6.45, 7) is 7.95. The van der Waals surface area contributed by atoms with Crippen LogP contribution in [0.2, 0.25) is 0 Å². The molecule has 1 saturated carbocycles. The Balaban J connectivity index is 0.00000242. The number of hydrogen-bond acceptors (Lipinski definition) is 4. The van der Waals surface area contributed by atoms with Gasteiger partial charge in [-0.2, -0.15) is 0 Å². The SMILES string of the molecule is CCC(OC1CCCCC1)C(=O)NCCN1CCNCC1.Cl. The van der Waals surface area contributed by atoms with Gasteiger partial charge in [-0.05, 0) is 19.3 Å². The molecule has 6 heteroatoms. The quantitative estimate of drug-likeness (QED) is 0.742. The van der Waals surface area contributed by atoms with Crippen LogP contribution in [0.4, 0.5) is 0 Å². The molecule has 0 spiro atoms. The molecule has 1 heterocycles. The van der Waals surface area contributed by atoms with E-state index < -0.39 is 0 Å². The third kappa shape index (κ3) is 6.82. The van der Waals surface area contributed by atoms with E-state index in [9.17, 15) is 4.79 Å². The summed E-state index contributed by atoms with van der Waals surface area (Å²) in [6.07, 6.45) is 6.81. The summed E-state index contributed by atoms with van der Waals surface area (Å²) in [5.41, 5.74) is 0.